The Labute approximate surface area is 223 Å². The SMILES string of the molecule is CN(C)[C@@H]1C(=O)C(C(N)=O)=C(O)[C@@]2(O)C(=O)C3=C(O)c4c(O)c([N+](=O)[O-])cc(C(F)=C(F)F)c4C[C@H]3C[C@@H]12.[B]=N. The van der Waals surface area contributed by atoms with E-state index in [1.165, 1.54) is 19.0 Å². The summed E-state index contributed by atoms with van der Waals surface area (Å²) in [5.41, 5.74) is -3.11. The van der Waals surface area contributed by atoms with Gasteiger partial charge >= 0.3 is 24.7 Å². The second-order valence-corrected chi connectivity index (χ2v) is 9.44. The first-order valence-corrected chi connectivity index (χ1v) is 11.2. The van der Waals surface area contributed by atoms with Crippen molar-refractivity contribution in [3.05, 3.63) is 55.9 Å². The number of aliphatic hydroxyl groups is 3. The van der Waals surface area contributed by atoms with Crippen LogP contribution in [0.1, 0.15) is 23.1 Å². The van der Waals surface area contributed by atoms with Crippen LogP contribution in [0.5, 0.6) is 5.75 Å². The number of primary amides is 1. The molecule has 1 aromatic carbocycles. The molecule has 7 N–H and O–H groups in total. The van der Waals surface area contributed by atoms with Gasteiger partial charge in [-0.05, 0) is 38.4 Å². The Kier molecular flexibility index (Phi) is 7.78. The molecule has 4 rings (SSSR count). The molecular formula is C23H21BF3N4O9. The molecule has 3 aliphatic rings. The van der Waals surface area contributed by atoms with Gasteiger partial charge in [-0.1, -0.05) is 0 Å². The number of carbonyl (C=O) groups excluding carboxylic acids is 3. The molecule has 1 saturated carbocycles. The van der Waals surface area contributed by atoms with Crippen molar-refractivity contribution >= 4 is 42.4 Å². The van der Waals surface area contributed by atoms with Crippen LogP contribution >= 0.6 is 0 Å². The molecule has 0 unspecified atom stereocenters. The van der Waals surface area contributed by atoms with Crippen molar-refractivity contribution < 1.29 is 52.9 Å². The third-order valence-corrected chi connectivity index (χ3v) is 7.30. The van der Waals surface area contributed by atoms with Crippen LogP contribution in [0.2, 0.25) is 0 Å². The summed E-state index contributed by atoms with van der Waals surface area (Å²) in [6.07, 6.45) is -3.75. The van der Waals surface area contributed by atoms with E-state index in [1.807, 2.05) is 0 Å². The second kappa shape index (κ2) is 10.3. The van der Waals surface area contributed by atoms with Crippen molar-refractivity contribution in [2.24, 2.45) is 17.6 Å². The van der Waals surface area contributed by atoms with Crippen LogP contribution in [-0.4, -0.2) is 81.1 Å². The third-order valence-electron chi connectivity index (χ3n) is 7.30. The number of Topliss-reactive ketones (excluding diaryl/α,β-unsaturated/α-hetero) is 2. The van der Waals surface area contributed by atoms with Gasteiger partial charge in [0.1, 0.15) is 17.1 Å². The summed E-state index contributed by atoms with van der Waals surface area (Å²) in [7, 11) is 6.51. The first kappa shape index (κ1) is 30.2. The fourth-order valence-electron chi connectivity index (χ4n) is 5.73. The molecule has 0 aliphatic heterocycles. The number of nitro groups is 1. The number of phenolic OH excluding ortho intramolecular Hbond substituents is 1. The minimum absolute atomic E-state index is 0.363. The average Bonchev–Trinajstić information content (AvgIpc) is 2.86. The van der Waals surface area contributed by atoms with Crippen molar-refractivity contribution in [1.82, 2.24) is 4.90 Å². The molecule has 40 heavy (non-hydrogen) atoms. The summed E-state index contributed by atoms with van der Waals surface area (Å²) in [6.45, 7) is 0. The predicted octanol–water partition coefficient (Wildman–Crippen LogP) is 1.32. The molecule has 0 aromatic heterocycles. The molecular weight excluding hydrogens is 544 g/mol. The van der Waals surface area contributed by atoms with Crippen LogP contribution in [0.25, 0.3) is 11.6 Å². The van der Waals surface area contributed by atoms with Gasteiger partial charge in [0.25, 0.3) is 5.91 Å². The van der Waals surface area contributed by atoms with Gasteiger partial charge in [0.15, 0.2) is 17.2 Å². The summed E-state index contributed by atoms with van der Waals surface area (Å²) in [4.78, 5) is 50.1. The molecule has 17 heteroatoms. The number of nitrogens with zero attached hydrogens (tertiary/aromatic N) is 2. The number of nitrogens with two attached hydrogens (primary N) is 1. The van der Waals surface area contributed by atoms with Crippen molar-refractivity contribution in [2.75, 3.05) is 14.1 Å². The Morgan fingerprint density at radius 2 is 1.80 bits per heavy atom. The van der Waals surface area contributed by atoms with E-state index >= 15 is 0 Å². The van der Waals surface area contributed by atoms with Gasteiger partial charge in [-0.15, -0.1) is 0 Å². The Hall–Kier alpha value is -4.38. The molecule has 1 radical (unpaired) electrons. The van der Waals surface area contributed by atoms with Crippen LogP contribution in [0.4, 0.5) is 18.9 Å². The average molecular weight is 565 g/mol. The maximum atomic E-state index is 14.5. The van der Waals surface area contributed by atoms with E-state index in [4.69, 9.17) is 11.0 Å². The first-order chi connectivity index (χ1) is 18.6. The normalized spacial score (nSPS) is 25.4. The number of fused-ring (bicyclic) bond motifs is 3. The zero-order chi connectivity index (χ0) is 30.6. The van der Waals surface area contributed by atoms with E-state index in [1.54, 1.807) is 0 Å². The van der Waals surface area contributed by atoms with Gasteiger partial charge in [0.05, 0.1) is 16.5 Å². The summed E-state index contributed by atoms with van der Waals surface area (Å²) in [5, 5.41) is 60.4. The molecule has 0 spiro atoms. The number of phenols is 1. The summed E-state index contributed by atoms with van der Waals surface area (Å²) in [5.74, 6) is -12.5. The van der Waals surface area contributed by atoms with E-state index in [9.17, 15) is 58.1 Å². The Bertz CT molecular complexity index is 1470. The summed E-state index contributed by atoms with van der Waals surface area (Å²) in [6, 6.07) is -1.03. The number of hydrogen-bond acceptors (Lipinski definition) is 11. The molecule has 0 heterocycles. The molecule has 13 nitrogen and oxygen atoms in total. The molecule has 1 aromatic rings. The predicted molar refractivity (Wildman–Crippen MR) is 130 cm³/mol. The third kappa shape index (κ3) is 4.08. The number of aromatic hydroxyl groups is 1. The topological polar surface area (TPSA) is 228 Å². The first-order valence-electron chi connectivity index (χ1n) is 11.2. The number of nitro benzene ring substituents is 1. The monoisotopic (exact) mass is 565 g/mol. The van der Waals surface area contributed by atoms with Gasteiger partial charge in [-0.2, -0.15) is 8.78 Å². The van der Waals surface area contributed by atoms with E-state index in [0.29, 0.717) is 6.07 Å². The molecule has 0 bridgehead atoms. The van der Waals surface area contributed by atoms with E-state index in [-0.39, 0.29) is 6.42 Å². The van der Waals surface area contributed by atoms with Gasteiger partial charge in [-0.3, -0.25) is 29.4 Å². The van der Waals surface area contributed by atoms with Crippen molar-refractivity contribution in [2.45, 2.75) is 24.5 Å². The van der Waals surface area contributed by atoms with E-state index in [0.717, 1.165) is 0 Å². The second-order valence-electron chi connectivity index (χ2n) is 9.44. The molecule has 211 valence electrons. The van der Waals surface area contributed by atoms with Gasteiger partial charge in [-0.25, -0.2) is 4.39 Å². The molecule has 1 amide bonds. The van der Waals surface area contributed by atoms with Crippen molar-refractivity contribution in [1.29, 1.82) is 5.31 Å². The number of ketones is 2. The number of hydrogen-bond donors (Lipinski definition) is 6. The number of aliphatic hydroxyl groups excluding tert-OH is 2. The van der Waals surface area contributed by atoms with E-state index < -0.39 is 115 Å². The Balaban J connectivity index is 0.00000216. The zero-order valence-corrected chi connectivity index (χ0v) is 20.7. The van der Waals surface area contributed by atoms with Crippen LogP contribution in [0.3, 0.4) is 0 Å². The van der Waals surface area contributed by atoms with Gasteiger partial charge in [0, 0.05) is 23.1 Å². The van der Waals surface area contributed by atoms with Gasteiger partial charge in [0.2, 0.25) is 11.5 Å². The van der Waals surface area contributed by atoms with Crippen molar-refractivity contribution in [3.63, 3.8) is 0 Å². The van der Waals surface area contributed by atoms with Crippen LogP contribution in [0, 0.1) is 27.3 Å². The number of likely N-dealkylation sites (N-methyl/N-ethyl adjacent to an activating group) is 1. The zero-order valence-electron chi connectivity index (χ0n) is 20.7. The Morgan fingerprint density at radius 3 is 2.27 bits per heavy atom. The van der Waals surface area contributed by atoms with E-state index in [2.05, 4.69) is 7.64 Å². The molecule has 4 atom stereocenters. The number of rotatable bonds is 4. The van der Waals surface area contributed by atoms with Gasteiger partial charge < -0.3 is 26.2 Å². The van der Waals surface area contributed by atoms with Crippen LogP contribution in [-0.2, 0) is 20.8 Å². The number of carbonyl (C=O) groups is 3. The number of halogens is 3. The fraction of sp³-hybridized carbons (Fsp3) is 0.348. The molecule has 0 saturated heterocycles. The Morgan fingerprint density at radius 1 is 1.23 bits per heavy atom. The number of nitrogens with one attached hydrogen (secondary N) is 1. The standard InChI is InChI=1S/C23H20F3N3O9.BHN/c1-28(2)15-9-4-6-3-7-8(14(24)21(25)26)5-10(29(37)38)16(30)12(7)17(31)11(6)19(33)23(9,36)20(34)13(18(15)32)22(27)35;1-2/h5-6,9,15,30-31,34,36H,3-4H2,1-2H3,(H2,27,35);2H/t6-,9-,15-,23-;/m0./s1. The number of amides is 1. The van der Waals surface area contributed by atoms with Crippen molar-refractivity contribution in [3.8, 4) is 5.75 Å². The van der Waals surface area contributed by atoms with Crippen LogP contribution in [0.15, 0.2) is 29.1 Å². The molecule has 1 fully saturated rings. The molecule has 3 aliphatic carbocycles. The fourth-order valence-corrected chi connectivity index (χ4v) is 5.73. The van der Waals surface area contributed by atoms with Crippen LogP contribution < -0.4 is 5.73 Å². The summed E-state index contributed by atoms with van der Waals surface area (Å²) >= 11 is 0. The maximum absolute atomic E-state index is 14.5. The minimum atomic E-state index is -2.97. The quantitative estimate of drug-likeness (QED) is 0.133. The summed E-state index contributed by atoms with van der Waals surface area (Å²) < 4.78 is 40.9. The number of benzene rings is 1.